The number of unbranched alkanes of at least 4 members (excludes halogenated alkanes) is 15. The molecule has 0 amide bonds. The molecule has 8 nitrogen and oxygen atoms in total. The van der Waals surface area contributed by atoms with Gasteiger partial charge in [0.25, 0.3) is 0 Å². The standard InChI is InChI=1S/C42H58O8/c1-4-7-10-13-16-22-27-31(43)34-37(46)35(32(44)28-23-17-14-11-8-5-2)42-36(41(34)49-33(45)29-24-18-15-12-9-6-3)38(47)39(48)40(50-42)30-25-20-19-21-26-30/h19-21,25-26,46,48H,4-18,22-24,27-29H2,1-3H3. The summed E-state index contributed by atoms with van der Waals surface area (Å²) >= 11 is 0. The van der Waals surface area contributed by atoms with Crippen LogP contribution in [0.25, 0.3) is 22.3 Å². The SMILES string of the molecule is CCCCCCCCC(=O)Oc1c(C(=O)CCCCCCCC)c(O)c(C(=O)CCCCCCCC)c2oc(-c3ccccc3)c(O)c(=O)c12. The van der Waals surface area contributed by atoms with E-state index in [9.17, 15) is 29.4 Å². The third-order valence-electron chi connectivity index (χ3n) is 9.30. The summed E-state index contributed by atoms with van der Waals surface area (Å²) in [7, 11) is 0. The largest absolute Gasteiger partial charge is 0.506 e. The van der Waals surface area contributed by atoms with E-state index in [1.54, 1.807) is 30.3 Å². The number of carbonyl (C=O) groups is 3. The Morgan fingerprint density at radius 3 is 1.58 bits per heavy atom. The van der Waals surface area contributed by atoms with Gasteiger partial charge in [-0.2, -0.15) is 0 Å². The summed E-state index contributed by atoms with van der Waals surface area (Å²) < 4.78 is 11.9. The molecule has 0 spiro atoms. The molecular formula is C42H58O8. The summed E-state index contributed by atoms with van der Waals surface area (Å²) in [6.45, 7) is 6.39. The Labute approximate surface area is 297 Å². The average Bonchev–Trinajstić information content (AvgIpc) is 3.11. The molecule has 3 aromatic rings. The molecule has 3 rings (SSSR count). The molecule has 8 heteroatoms. The van der Waals surface area contributed by atoms with Crippen LogP contribution in [-0.2, 0) is 4.79 Å². The number of ether oxygens (including phenoxy) is 1. The number of phenolic OH excluding ortho intramolecular Hbond substituents is 1. The molecular weight excluding hydrogens is 632 g/mol. The van der Waals surface area contributed by atoms with E-state index in [-0.39, 0.29) is 41.7 Å². The molecule has 50 heavy (non-hydrogen) atoms. The smallest absolute Gasteiger partial charge is 0.311 e. The van der Waals surface area contributed by atoms with Crippen LogP contribution in [0, 0.1) is 0 Å². The topological polar surface area (TPSA) is 131 Å². The molecule has 0 unspecified atom stereocenters. The Morgan fingerprint density at radius 1 is 0.600 bits per heavy atom. The highest BCUT2D eigenvalue weighted by molar-refractivity contribution is 6.17. The number of rotatable bonds is 25. The van der Waals surface area contributed by atoms with Gasteiger partial charge >= 0.3 is 5.97 Å². The number of fused-ring (bicyclic) bond motifs is 1. The summed E-state index contributed by atoms with van der Waals surface area (Å²) in [5.41, 5.74) is -1.56. The Morgan fingerprint density at radius 2 is 1.06 bits per heavy atom. The minimum atomic E-state index is -0.949. The van der Waals surface area contributed by atoms with Crippen molar-refractivity contribution < 1.29 is 33.8 Å². The molecule has 0 aliphatic heterocycles. The van der Waals surface area contributed by atoms with Gasteiger partial charge in [-0.1, -0.05) is 147 Å². The first-order valence-electron chi connectivity index (χ1n) is 19.2. The van der Waals surface area contributed by atoms with Gasteiger partial charge in [0.05, 0.1) is 0 Å². The van der Waals surface area contributed by atoms with Gasteiger partial charge in [-0.05, 0) is 19.3 Å². The van der Waals surface area contributed by atoms with Crippen molar-refractivity contribution in [2.45, 2.75) is 156 Å². The molecule has 1 heterocycles. The van der Waals surface area contributed by atoms with Crippen molar-refractivity contribution >= 4 is 28.5 Å². The number of carbonyl (C=O) groups excluding carboxylic acids is 3. The molecule has 0 bridgehead atoms. The van der Waals surface area contributed by atoms with E-state index in [2.05, 4.69) is 20.8 Å². The number of phenols is 1. The lowest BCUT2D eigenvalue weighted by Crippen LogP contribution is -2.17. The van der Waals surface area contributed by atoms with Crippen molar-refractivity contribution in [1.82, 2.24) is 0 Å². The zero-order valence-electron chi connectivity index (χ0n) is 30.6. The highest BCUT2D eigenvalue weighted by atomic mass is 16.5. The fourth-order valence-corrected chi connectivity index (χ4v) is 6.37. The highest BCUT2D eigenvalue weighted by Gasteiger charge is 2.33. The second kappa shape index (κ2) is 22.0. The summed E-state index contributed by atoms with van der Waals surface area (Å²) in [4.78, 5) is 55.2. The number of esters is 1. The van der Waals surface area contributed by atoms with Gasteiger partial charge in [-0.25, -0.2) is 0 Å². The average molecular weight is 691 g/mol. The molecule has 2 aromatic carbocycles. The fourth-order valence-electron chi connectivity index (χ4n) is 6.37. The third kappa shape index (κ3) is 11.6. The molecule has 0 saturated carbocycles. The third-order valence-corrected chi connectivity index (χ3v) is 9.30. The fraction of sp³-hybridized carbons (Fsp3) is 0.571. The first-order chi connectivity index (χ1) is 24.3. The maximum Gasteiger partial charge on any atom is 0.311 e. The molecule has 0 fully saturated rings. The maximum absolute atomic E-state index is 14.1. The Bertz CT molecular complexity index is 1590. The molecule has 0 aliphatic rings. The van der Waals surface area contributed by atoms with Crippen LogP contribution < -0.4 is 10.2 Å². The maximum atomic E-state index is 14.1. The van der Waals surface area contributed by atoms with E-state index in [0.29, 0.717) is 24.8 Å². The lowest BCUT2D eigenvalue weighted by molar-refractivity contribution is -0.134. The minimum absolute atomic E-state index is 0.0254. The highest BCUT2D eigenvalue weighted by Crippen LogP contribution is 2.44. The van der Waals surface area contributed by atoms with Gasteiger partial charge in [0.15, 0.2) is 28.7 Å². The number of Topliss-reactive ketones (excluding diaryl/α,β-unsaturated/α-hetero) is 2. The second-order valence-corrected chi connectivity index (χ2v) is 13.5. The first-order valence-corrected chi connectivity index (χ1v) is 19.2. The van der Waals surface area contributed by atoms with Crippen molar-refractivity contribution in [2.75, 3.05) is 0 Å². The van der Waals surface area contributed by atoms with E-state index >= 15 is 0 Å². The van der Waals surface area contributed by atoms with Crippen LogP contribution in [0.3, 0.4) is 0 Å². The van der Waals surface area contributed by atoms with Crippen LogP contribution >= 0.6 is 0 Å². The van der Waals surface area contributed by atoms with Gasteiger partial charge in [0.1, 0.15) is 22.3 Å². The summed E-state index contributed by atoms with van der Waals surface area (Å²) in [5, 5.41) is 22.6. The minimum Gasteiger partial charge on any atom is -0.506 e. The van der Waals surface area contributed by atoms with Gasteiger partial charge in [0, 0.05) is 24.8 Å². The van der Waals surface area contributed by atoms with E-state index in [4.69, 9.17) is 9.15 Å². The van der Waals surface area contributed by atoms with Gasteiger partial charge in [-0.3, -0.25) is 19.2 Å². The van der Waals surface area contributed by atoms with Gasteiger partial charge in [-0.15, -0.1) is 0 Å². The zero-order chi connectivity index (χ0) is 36.3. The monoisotopic (exact) mass is 690 g/mol. The van der Waals surface area contributed by atoms with Crippen molar-refractivity contribution in [1.29, 1.82) is 0 Å². The van der Waals surface area contributed by atoms with E-state index in [1.807, 2.05) is 0 Å². The number of aromatic hydroxyl groups is 2. The van der Waals surface area contributed by atoms with Crippen molar-refractivity contribution in [3.8, 4) is 28.6 Å². The molecule has 0 atom stereocenters. The molecule has 0 saturated heterocycles. The quantitative estimate of drug-likeness (QED) is 0.0388. The molecule has 1 aromatic heterocycles. The predicted octanol–water partition coefficient (Wildman–Crippen LogP) is 11.4. The predicted molar refractivity (Wildman–Crippen MR) is 200 cm³/mol. The van der Waals surface area contributed by atoms with Crippen LogP contribution in [0.1, 0.15) is 176 Å². The number of benzene rings is 2. The van der Waals surface area contributed by atoms with E-state index < -0.39 is 45.6 Å². The molecule has 0 radical (unpaired) electrons. The summed E-state index contributed by atoms with van der Waals surface area (Å²) in [5.74, 6) is -3.75. The van der Waals surface area contributed by atoms with Crippen LogP contribution in [-0.4, -0.2) is 27.7 Å². The van der Waals surface area contributed by atoms with Crippen molar-refractivity contribution in [3.05, 3.63) is 51.7 Å². The zero-order valence-corrected chi connectivity index (χ0v) is 30.6. The Hall–Kier alpha value is -3.94. The summed E-state index contributed by atoms with van der Waals surface area (Å²) in [6.07, 6.45) is 16.9. The van der Waals surface area contributed by atoms with E-state index in [0.717, 1.165) is 96.3 Å². The second-order valence-electron chi connectivity index (χ2n) is 13.5. The van der Waals surface area contributed by atoms with Crippen molar-refractivity contribution in [2.24, 2.45) is 0 Å². The van der Waals surface area contributed by atoms with Crippen LogP contribution in [0.4, 0.5) is 0 Å². The van der Waals surface area contributed by atoms with Crippen LogP contribution in [0.15, 0.2) is 39.5 Å². The summed E-state index contributed by atoms with van der Waals surface area (Å²) in [6, 6.07) is 8.47. The number of hydrogen-bond acceptors (Lipinski definition) is 8. The van der Waals surface area contributed by atoms with Crippen LogP contribution in [0.5, 0.6) is 17.2 Å². The van der Waals surface area contributed by atoms with Gasteiger partial charge in [0.2, 0.25) is 11.2 Å². The molecule has 274 valence electrons. The van der Waals surface area contributed by atoms with E-state index in [1.165, 1.54) is 0 Å². The van der Waals surface area contributed by atoms with Crippen LogP contribution in [0.2, 0.25) is 0 Å². The van der Waals surface area contributed by atoms with Gasteiger partial charge < -0.3 is 19.4 Å². The molecule has 2 N–H and O–H groups in total. The lowest BCUT2D eigenvalue weighted by Gasteiger charge is -2.18. The normalized spacial score (nSPS) is 11.3. The first kappa shape index (κ1) is 40.5. The Balaban J connectivity index is 2.15. The number of hydrogen-bond donors (Lipinski definition) is 2. The van der Waals surface area contributed by atoms with Crippen molar-refractivity contribution in [3.63, 3.8) is 0 Å². The number of ketones is 2. The molecule has 0 aliphatic carbocycles. The lowest BCUT2D eigenvalue weighted by atomic mass is 9.92. The Kier molecular flexibility index (Phi) is 17.8.